The molecule has 5 nitrogen and oxygen atoms in total. The summed E-state index contributed by atoms with van der Waals surface area (Å²) < 4.78 is 37.1. The molecule has 0 radical (unpaired) electrons. The van der Waals surface area contributed by atoms with Crippen LogP contribution < -0.4 is 10.1 Å². The second kappa shape index (κ2) is 8.94. The van der Waals surface area contributed by atoms with Gasteiger partial charge in [-0.1, -0.05) is 18.2 Å². The number of methoxy groups -OCH3 is 1. The van der Waals surface area contributed by atoms with Crippen LogP contribution in [0.4, 0.5) is 14.5 Å². The first-order valence-corrected chi connectivity index (χ1v) is 7.98. The van der Waals surface area contributed by atoms with E-state index in [1.807, 2.05) is 12.1 Å². The molecule has 0 saturated heterocycles. The average Bonchev–Trinajstić information content (AvgIpc) is 2.63. The van der Waals surface area contributed by atoms with Gasteiger partial charge < -0.3 is 14.8 Å². The molecule has 0 aliphatic carbocycles. The van der Waals surface area contributed by atoms with Gasteiger partial charge in [0.05, 0.1) is 7.11 Å². The molecule has 0 unspecified atom stereocenters. The molecule has 2 aromatic rings. The molecule has 2 aromatic carbocycles. The highest BCUT2D eigenvalue weighted by molar-refractivity contribution is 5.95. The molecule has 26 heavy (non-hydrogen) atoms. The van der Waals surface area contributed by atoms with Gasteiger partial charge in [0.15, 0.2) is 6.10 Å². The highest BCUT2D eigenvalue weighted by atomic mass is 19.1. The first kappa shape index (κ1) is 19.4. The van der Waals surface area contributed by atoms with E-state index in [2.05, 4.69) is 5.32 Å². The zero-order valence-electron chi connectivity index (χ0n) is 14.4. The summed E-state index contributed by atoms with van der Waals surface area (Å²) >= 11 is 0. The molecule has 0 saturated carbocycles. The van der Waals surface area contributed by atoms with Crippen LogP contribution in [0.25, 0.3) is 0 Å². The summed E-state index contributed by atoms with van der Waals surface area (Å²) in [5.74, 6) is -2.50. The number of halogens is 2. The Hall–Kier alpha value is -2.96. The molecule has 0 heterocycles. The van der Waals surface area contributed by atoms with Crippen LogP contribution in [0.2, 0.25) is 0 Å². The minimum absolute atomic E-state index is 0.0675. The quantitative estimate of drug-likeness (QED) is 0.765. The van der Waals surface area contributed by atoms with Crippen LogP contribution >= 0.6 is 0 Å². The van der Waals surface area contributed by atoms with Gasteiger partial charge in [0, 0.05) is 6.42 Å². The van der Waals surface area contributed by atoms with Crippen LogP contribution in [-0.4, -0.2) is 25.1 Å². The van der Waals surface area contributed by atoms with E-state index in [1.54, 1.807) is 19.2 Å². The van der Waals surface area contributed by atoms with Crippen molar-refractivity contribution >= 4 is 17.6 Å². The standard InChI is InChI=1S/C19H19F2NO4/c1-12(19(24)22-18-15(20)4-3-5-16(18)21)26-17(23)11-8-13-6-9-14(25-2)10-7-13/h3-7,9-10,12H,8,11H2,1-2H3,(H,22,24)/t12-/m1/s1. The SMILES string of the molecule is COc1ccc(CCC(=O)O[C@H](C)C(=O)Nc2c(F)cccc2F)cc1. The Morgan fingerprint density at radius 3 is 2.27 bits per heavy atom. The third kappa shape index (κ3) is 5.27. The molecule has 0 spiro atoms. The smallest absolute Gasteiger partial charge is 0.306 e. The maximum atomic E-state index is 13.5. The van der Waals surface area contributed by atoms with Gasteiger partial charge in [-0.25, -0.2) is 8.78 Å². The summed E-state index contributed by atoms with van der Waals surface area (Å²) in [5.41, 5.74) is 0.340. The lowest BCUT2D eigenvalue weighted by molar-refractivity contribution is -0.153. The number of carbonyl (C=O) groups is 2. The lowest BCUT2D eigenvalue weighted by Crippen LogP contribution is -2.30. The van der Waals surface area contributed by atoms with Crippen LogP contribution in [0.5, 0.6) is 5.75 Å². The van der Waals surface area contributed by atoms with E-state index in [0.29, 0.717) is 12.2 Å². The number of esters is 1. The maximum Gasteiger partial charge on any atom is 0.306 e. The van der Waals surface area contributed by atoms with Crippen LogP contribution in [0, 0.1) is 11.6 Å². The molecule has 0 aliphatic rings. The number of nitrogens with one attached hydrogen (secondary N) is 1. The molecule has 1 atom stereocenters. The fourth-order valence-electron chi connectivity index (χ4n) is 2.19. The van der Waals surface area contributed by atoms with Crippen molar-refractivity contribution in [2.45, 2.75) is 25.9 Å². The number of aryl methyl sites for hydroxylation is 1. The second-order valence-corrected chi connectivity index (χ2v) is 5.57. The molecular weight excluding hydrogens is 344 g/mol. The predicted molar refractivity (Wildman–Crippen MR) is 91.9 cm³/mol. The summed E-state index contributed by atoms with van der Waals surface area (Å²) in [6.07, 6.45) is -0.686. The topological polar surface area (TPSA) is 64.6 Å². The van der Waals surface area contributed by atoms with E-state index < -0.39 is 35.3 Å². The monoisotopic (exact) mass is 363 g/mol. The number of amides is 1. The largest absolute Gasteiger partial charge is 0.497 e. The lowest BCUT2D eigenvalue weighted by atomic mass is 10.1. The number of ether oxygens (including phenoxy) is 2. The van der Waals surface area contributed by atoms with Crippen molar-refractivity contribution in [2.75, 3.05) is 12.4 Å². The van der Waals surface area contributed by atoms with Gasteiger partial charge in [0.25, 0.3) is 5.91 Å². The Kier molecular flexibility index (Phi) is 6.66. The number of carbonyl (C=O) groups excluding carboxylic acids is 2. The Morgan fingerprint density at radius 1 is 1.08 bits per heavy atom. The molecule has 0 aromatic heterocycles. The highest BCUT2D eigenvalue weighted by Crippen LogP contribution is 2.18. The summed E-state index contributed by atoms with van der Waals surface area (Å²) in [5, 5.41) is 2.09. The summed E-state index contributed by atoms with van der Waals surface area (Å²) in [6, 6.07) is 10.4. The van der Waals surface area contributed by atoms with Crippen molar-refractivity contribution in [3.05, 3.63) is 59.7 Å². The lowest BCUT2D eigenvalue weighted by Gasteiger charge is -2.14. The van der Waals surface area contributed by atoms with Crippen LogP contribution in [0.3, 0.4) is 0 Å². The third-order valence-corrected chi connectivity index (χ3v) is 3.67. The Bertz CT molecular complexity index is 757. The fraction of sp³-hybridized carbons (Fsp3) is 0.263. The molecule has 1 N–H and O–H groups in total. The molecule has 0 fully saturated rings. The van der Waals surface area contributed by atoms with Crippen molar-refractivity contribution in [1.29, 1.82) is 0 Å². The van der Waals surface area contributed by atoms with Gasteiger partial charge in [-0.2, -0.15) is 0 Å². The summed E-state index contributed by atoms with van der Waals surface area (Å²) in [6.45, 7) is 1.33. The fourth-order valence-corrected chi connectivity index (χ4v) is 2.19. The number of anilines is 1. The number of benzene rings is 2. The van der Waals surface area contributed by atoms with Gasteiger partial charge in [0.1, 0.15) is 23.1 Å². The van der Waals surface area contributed by atoms with Gasteiger partial charge >= 0.3 is 5.97 Å². The molecule has 138 valence electrons. The molecule has 0 bridgehead atoms. The van der Waals surface area contributed by atoms with Crippen molar-refractivity contribution in [2.24, 2.45) is 0 Å². The normalized spacial score (nSPS) is 11.5. The van der Waals surface area contributed by atoms with E-state index in [4.69, 9.17) is 9.47 Å². The average molecular weight is 363 g/mol. The second-order valence-electron chi connectivity index (χ2n) is 5.57. The van der Waals surface area contributed by atoms with Crippen LogP contribution in [0.1, 0.15) is 18.9 Å². The maximum absolute atomic E-state index is 13.5. The van der Waals surface area contributed by atoms with Crippen LogP contribution in [0.15, 0.2) is 42.5 Å². The van der Waals surface area contributed by atoms with Crippen molar-refractivity contribution in [1.82, 2.24) is 0 Å². The van der Waals surface area contributed by atoms with Gasteiger partial charge in [-0.15, -0.1) is 0 Å². The van der Waals surface area contributed by atoms with E-state index in [-0.39, 0.29) is 6.42 Å². The van der Waals surface area contributed by atoms with E-state index >= 15 is 0 Å². The molecule has 7 heteroatoms. The first-order chi connectivity index (χ1) is 12.4. The van der Waals surface area contributed by atoms with E-state index in [1.165, 1.54) is 13.0 Å². The number of hydrogen-bond donors (Lipinski definition) is 1. The van der Waals surface area contributed by atoms with E-state index in [0.717, 1.165) is 17.7 Å². The first-order valence-electron chi connectivity index (χ1n) is 7.98. The zero-order chi connectivity index (χ0) is 19.1. The Labute approximate surface area is 149 Å². The summed E-state index contributed by atoms with van der Waals surface area (Å²) in [4.78, 5) is 23.8. The molecule has 1 amide bonds. The third-order valence-electron chi connectivity index (χ3n) is 3.67. The molecule has 0 aliphatic heterocycles. The zero-order valence-corrected chi connectivity index (χ0v) is 14.4. The predicted octanol–water partition coefficient (Wildman–Crippen LogP) is 3.48. The van der Waals surface area contributed by atoms with E-state index in [9.17, 15) is 18.4 Å². The van der Waals surface area contributed by atoms with Crippen molar-refractivity contribution < 1.29 is 27.8 Å². The number of rotatable bonds is 7. The number of para-hydroxylation sites is 1. The van der Waals surface area contributed by atoms with Crippen molar-refractivity contribution in [3.63, 3.8) is 0 Å². The van der Waals surface area contributed by atoms with Gasteiger partial charge in [0.2, 0.25) is 0 Å². The number of hydrogen-bond acceptors (Lipinski definition) is 4. The highest BCUT2D eigenvalue weighted by Gasteiger charge is 2.20. The molecule has 2 rings (SSSR count). The Morgan fingerprint density at radius 2 is 1.69 bits per heavy atom. The molecular formula is C19H19F2NO4. The Balaban J connectivity index is 1.84. The van der Waals surface area contributed by atoms with Crippen LogP contribution in [-0.2, 0) is 20.7 Å². The minimum atomic E-state index is -1.18. The van der Waals surface area contributed by atoms with Gasteiger partial charge in [-0.05, 0) is 43.2 Å². The van der Waals surface area contributed by atoms with Gasteiger partial charge in [-0.3, -0.25) is 9.59 Å². The minimum Gasteiger partial charge on any atom is -0.497 e. The van der Waals surface area contributed by atoms with Crippen molar-refractivity contribution in [3.8, 4) is 5.75 Å². The summed E-state index contributed by atoms with van der Waals surface area (Å²) in [7, 11) is 1.56.